The molecule has 1 aliphatic rings. The molecule has 0 aromatic rings. The van der Waals surface area contributed by atoms with Gasteiger partial charge >= 0.3 is 0 Å². The van der Waals surface area contributed by atoms with E-state index >= 15 is 0 Å². The van der Waals surface area contributed by atoms with Gasteiger partial charge in [-0.1, -0.05) is 6.92 Å². The maximum absolute atomic E-state index is 8.93. The number of ether oxygens (including phenoxy) is 1. The van der Waals surface area contributed by atoms with Crippen molar-refractivity contribution in [3.63, 3.8) is 0 Å². The van der Waals surface area contributed by atoms with Crippen LogP contribution in [0.25, 0.3) is 0 Å². The Kier molecular flexibility index (Phi) is 2.94. The normalized spacial score (nSPS) is 31.1. The smallest absolute Gasteiger partial charge is 0.180 e. The third-order valence-electron chi connectivity index (χ3n) is 2.07. The minimum Gasteiger partial charge on any atom is -0.474 e. The summed E-state index contributed by atoms with van der Waals surface area (Å²) in [5.74, 6) is 0.480. The number of hydrogen-bond acceptors (Lipinski definition) is 4. The quantitative estimate of drug-likeness (QED) is 0.535. The highest BCUT2D eigenvalue weighted by Gasteiger charge is 2.33. The van der Waals surface area contributed by atoms with E-state index in [2.05, 4.69) is 11.9 Å². The van der Waals surface area contributed by atoms with Crippen LogP contribution in [0.15, 0.2) is 12.5 Å². The molecule has 1 fully saturated rings. The first kappa shape index (κ1) is 9.35. The summed E-state index contributed by atoms with van der Waals surface area (Å²) in [6, 6.07) is -0.139. The number of hydrogen-bond donors (Lipinski definition) is 3. The van der Waals surface area contributed by atoms with E-state index in [4.69, 9.17) is 14.9 Å². The fraction of sp³-hybridized carbons (Fsp3) is 0.750. The van der Waals surface area contributed by atoms with Gasteiger partial charge in [0.05, 0.1) is 12.6 Å². The molecule has 0 aliphatic carbocycles. The highest BCUT2D eigenvalue weighted by atomic mass is 16.5. The summed E-state index contributed by atoms with van der Waals surface area (Å²) in [4.78, 5) is 0. The summed E-state index contributed by atoms with van der Waals surface area (Å²) < 4.78 is 5.29. The molecule has 0 aromatic carbocycles. The van der Waals surface area contributed by atoms with E-state index in [1.807, 2.05) is 6.92 Å². The maximum Gasteiger partial charge on any atom is 0.180 e. The van der Waals surface area contributed by atoms with Gasteiger partial charge in [-0.05, 0) is 6.58 Å². The van der Waals surface area contributed by atoms with Gasteiger partial charge in [0.25, 0.3) is 0 Å². The zero-order chi connectivity index (χ0) is 9.14. The molecule has 1 rings (SSSR count). The Morgan fingerprint density at radius 3 is 2.83 bits per heavy atom. The predicted molar refractivity (Wildman–Crippen MR) is 44.3 cm³/mol. The fourth-order valence-corrected chi connectivity index (χ4v) is 1.34. The lowest BCUT2D eigenvalue weighted by Crippen LogP contribution is -2.38. The monoisotopic (exact) mass is 173 g/mol. The van der Waals surface area contributed by atoms with E-state index < -0.39 is 0 Å². The minimum atomic E-state index is -0.174. The molecule has 4 nitrogen and oxygen atoms in total. The number of aliphatic hydroxyl groups is 2. The standard InChI is InChI=1S/C8H15NO3/c1-5(3-10)8-7(4-11)9-6(2)12-8/h5,7-11H,2-4H2,1H3/t5?,7-,8?/m1/s1. The van der Waals surface area contributed by atoms with Crippen LogP contribution in [-0.4, -0.2) is 35.6 Å². The highest BCUT2D eigenvalue weighted by molar-refractivity contribution is 4.98. The Hall–Kier alpha value is -0.740. The van der Waals surface area contributed by atoms with Gasteiger partial charge in [-0.15, -0.1) is 0 Å². The molecular weight excluding hydrogens is 158 g/mol. The molecule has 0 radical (unpaired) electrons. The Labute approximate surface area is 71.9 Å². The van der Waals surface area contributed by atoms with Crippen LogP contribution < -0.4 is 5.32 Å². The van der Waals surface area contributed by atoms with Gasteiger partial charge in [-0.25, -0.2) is 0 Å². The Morgan fingerprint density at radius 1 is 1.67 bits per heavy atom. The minimum absolute atomic E-state index is 0.00593. The van der Waals surface area contributed by atoms with Crippen molar-refractivity contribution in [2.45, 2.75) is 19.1 Å². The van der Waals surface area contributed by atoms with Crippen molar-refractivity contribution in [3.8, 4) is 0 Å². The molecule has 0 bridgehead atoms. The number of rotatable bonds is 3. The average molecular weight is 173 g/mol. The first-order chi connectivity index (χ1) is 5.69. The number of aliphatic hydroxyl groups excluding tert-OH is 2. The van der Waals surface area contributed by atoms with Crippen molar-refractivity contribution < 1.29 is 14.9 Å². The molecule has 12 heavy (non-hydrogen) atoms. The molecule has 0 amide bonds. The van der Waals surface area contributed by atoms with E-state index in [9.17, 15) is 0 Å². The van der Waals surface area contributed by atoms with E-state index in [1.54, 1.807) is 0 Å². The second kappa shape index (κ2) is 3.78. The van der Waals surface area contributed by atoms with E-state index in [1.165, 1.54) is 0 Å². The zero-order valence-corrected chi connectivity index (χ0v) is 7.16. The van der Waals surface area contributed by atoms with Crippen LogP contribution in [0.3, 0.4) is 0 Å². The molecule has 1 aliphatic heterocycles. The van der Waals surface area contributed by atoms with Gasteiger partial charge in [0.15, 0.2) is 5.88 Å². The van der Waals surface area contributed by atoms with Gasteiger partial charge in [0.1, 0.15) is 6.10 Å². The SMILES string of the molecule is C=C1N[C@H](CO)C(C(C)CO)O1. The largest absolute Gasteiger partial charge is 0.474 e. The van der Waals surface area contributed by atoms with Crippen molar-refractivity contribution in [3.05, 3.63) is 12.5 Å². The van der Waals surface area contributed by atoms with Crippen molar-refractivity contribution >= 4 is 0 Å². The zero-order valence-electron chi connectivity index (χ0n) is 7.16. The van der Waals surface area contributed by atoms with Crippen LogP contribution in [-0.2, 0) is 4.74 Å². The molecule has 3 N–H and O–H groups in total. The molecule has 3 atom stereocenters. The average Bonchev–Trinajstić information content (AvgIpc) is 2.45. The fourth-order valence-electron chi connectivity index (χ4n) is 1.34. The van der Waals surface area contributed by atoms with Crippen molar-refractivity contribution in [2.24, 2.45) is 5.92 Å². The van der Waals surface area contributed by atoms with Crippen LogP contribution >= 0.6 is 0 Å². The molecule has 1 heterocycles. The van der Waals surface area contributed by atoms with Gasteiger partial charge in [0, 0.05) is 12.5 Å². The van der Waals surface area contributed by atoms with Gasteiger partial charge in [-0.3, -0.25) is 0 Å². The first-order valence-electron chi connectivity index (χ1n) is 4.03. The lowest BCUT2D eigenvalue weighted by atomic mass is 10.00. The van der Waals surface area contributed by atoms with Crippen LogP contribution in [0.1, 0.15) is 6.92 Å². The van der Waals surface area contributed by atoms with E-state index in [-0.39, 0.29) is 31.3 Å². The van der Waals surface area contributed by atoms with Crippen molar-refractivity contribution in [2.75, 3.05) is 13.2 Å². The molecular formula is C8H15NO3. The van der Waals surface area contributed by atoms with Crippen LogP contribution in [0.5, 0.6) is 0 Å². The summed E-state index contributed by atoms with van der Waals surface area (Å²) in [7, 11) is 0. The van der Waals surface area contributed by atoms with Crippen LogP contribution in [0.4, 0.5) is 0 Å². The third-order valence-corrected chi connectivity index (χ3v) is 2.07. The van der Waals surface area contributed by atoms with Gasteiger partial charge < -0.3 is 20.3 Å². The lowest BCUT2D eigenvalue weighted by molar-refractivity contribution is 0.0537. The summed E-state index contributed by atoms with van der Waals surface area (Å²) >= 11 is 0. The summed E-state index contributed by atoms with van der Waals surface area (Å²) in [6.45, 7) is 5.51. The van der Waals surface area contributed by atoms with Crippen molar-refractivity contribution in [1.82, 2.24) is 5.32 Å². The second-order valence-electron chi connectivity index (χ2n) is 3.10. The summed E-state index contributed by atoms with van der Waals surface area (Å²) in [5, 5.41) is 20.7. The van der Waals surface area contributed by atoms with Gasteiger partial charge in [-0.2, -0.15) is 0 Å². The summed E-state index contributed by atoms with van der Waals surface area (Å²) in [6.07, 6.45) is -0.174. The van der Waals surface area contributed by atoms with Crippen LogP contribution in [0.2, 0.25) is 0 Å². The molecule has 0 saturated carbocycles. The molecule has 2 unspecified atom stereocenters. The second-order valence-corrected chi connectivity index (χ2v) is 3.10. The van der Waals surface area contributed by atoms with Gasteiger partial charge in [0.2, 0.25) is 0 Å². The Balaban J connectivity index is 2.56. The lowest BCUT2D eigenvalue weighted by Gasteiger charge is -2.20. The molecule has 0 spiro atoms. The number of nitrogens with one attached hydrogen (secondary N) is 1. The molecule has 70 valence electrons. The maximum atomic E-state index is 8.93. The predicted octanol–water partition coefficient (Wildman–Crippen LogP) is -0.565. The van der Waals surface area contributed by atoms with E-state index in [0.717, 1.165) is 0 Å². The topological polar surface area (TPSA) is 61.7 Å². The Morgan fingerprint density at radius 2 is 2.33 bits per heavy atom. The van der Waals surface area contributed by atoms with Crippen LogP contribution in [0, 0.1) is 5.92 Å². The Bertz CT molecular complexity index is 172. The molecule has 0 aromatic heterocycles. The van der Waals surface area contributed by atoms with E-state index in [0.29, 0.717) is 5.88 Å². The third kappa shape index (κ3) is 1.70. The van der Waals surface area contributed by atoms with Crippen molar-refractivity contribution in [1.29, 1.82) is 0 Å². The molecule has 4 heteroatoms. The molecule has 1 saturated heterocycles. The summed E-state index contributed by atoms with van der Waals surface area (Å²) in [5.41, 5.74) is 0. The first-order valence-corrected chi connectivity index (χ1v) is 4.03. The highest BCUT2D eigenvalue weighted by Crippen LogP contribution is 2.20.